The first kappa shape index (κ1) is 24.2. The minimum absolute atomic E-state index is 0.0904. The Labute approximate surface area is 201 Å². The largest absolute Gasteiger partial charge is 0.367 e. The molecule has 34 heavy (non-hydrogen) atoms. The van der Waals surface area contributed by atoms with Gasteiger partial charge in [-0.25, -0.2) is 0 Å². The third-order valence-electron chi connectivity index (χ3n) is 6.86. The number of nitrogens with one attached hydrogen (secondary N) is 2. The van der Waals surface area contributed by atoms with Crippen LogP contribution in [-0.4, -0.2) is 60.1 Å². The average molecular weight is 469 g/mol. The third-order valence-corrected chi connectivity index (χ3v) is 6.86. The van der Waals surface area contributed by atoms with Crippen molar-refractivity contribution in [2.24, 2.45) is 0 Å². The lowest BCUT2D eigenvalue weighted by Gasteiger charge is -2.35. The van der Waals surface area contributed by atoms with Gasteiger partial charge in [0.05, 0.1) is 11.4 Å². The van der Waals surface area contributed by atoms with Crippen LogP contribution in [0.25, 0.3) is 0 Å². The predicted octanol–water partition coefficient (Wildman–Crippen LogP) is 3.08. The number of piperazine rings is 1. The van der Waals surface area contributed by atoms with Crippen LogP contribution in [0.3, 0.4) is 0 Å². The van der Waals surface area contributed by atoms with Crippen LogP contribution in [-0.2, 0) is 21.5 Å². The van der Waals surface area contributed by atoms with Crippen LogP contribution in [0, 0.1) is 0 Å². The van der Waals surface area contributed by atoms with Gasteiger partial charge in [-0.2, -0.15) is 4.98 Å². The van der Waals surface area contributed by atoms with E-state index in [4.69, 9.17) is 4.52 Å². The highest BCUT2D eigenvalue weighted by Crippen LogP contribution is 2.34. The minimum atomic E-state index is -0.576. The Morgan fingerprint density at radius 3 is 2.47 bits per heavy atom. The van der Waals surface area contributed by atoms with Crippen molar-refractivity contribution in [1.82, 2.24) is 20.4 Å². The molecule has 0 spiro atoms. The van der Waals surface area contributed by atoms with E-state index in [0.29, 0.717) is 18.1 Å². The fourth-order valence-corrected chi connectivity index (χ4v) is 4.96. The minimum Gasteiger partial charge on any atom is -0.367 e. The molecule has 2 aromatic rings. The molecule has 0 atom stereocenters. The van der Waals surface area contributed by atoms with E-state index in [-0.39, 0.29) is 18.2 Å². The van der Waals surface area contributed by atoms with Crippen LogP contribution in [0.4, 0.5) is 11.4 Å². The van der Waals surface area contributed by atoms with Gasteiger partial charge >= 0.3 is 0 Å². The van der Waals surface area contributed by atoms with Gasteiger partial charge in [0.1, 0.15) is 5.54 Å². The Morgan fingerprint density at radius 2 is 1.76 bits per heavy atom. The van der Waals surface area contributed by atoms with Crippen molar-refractivity contribution in [2.75, 3.05) is 43.4 Å². The van der Waals surface area contributed by atoms with E-state index >= 15 is 0 Å². The number of aromatic nitrogens is 2. The molecular formula is C25H36N6O3. The molecule has 1 saturated carbocycles. The molecule has 9 heteroatoms. The molecule has 0 unspecified atom stereocenters. The molecule has 2 fully saturated rings. The topological polar surface area (TPSA) is 104 Å². The number of carbonyl (C=O) groups excluding carboxylic acids is 2. The second kappa shape index (κ2) is 11.0. The zero-order valence-electron chi connectivity index (χ0n) is 20.3. The number of benzene rings is 1. The van der Waals surface area contributed by atoms with E-state index in [0.717, 1.165) is 76.1 Å². The first-order chi connectivity index (χ1) is 16.4. The fraction of sp³-hybridized carbons (Fsp3) is 0.600. The summed E-state index contributed by atoms with van der Waals surface area (Å²) in [5.74, 6) is 0.769. The van der Waals surface area contributed by atoms with E-state index in [1.54, 1.807) is 0 Å². The SMILES string of the molecule is CC(=O)NC1(c2noc(CCC(=O)Nc3ccccc3N3CCN(C)CC3)n2)CCCCCC1. The number of amides is 2. The second-order valence-electron chi connectivity index (χ2n) is 9.54. The Morgan fingerprint density at radius 1 is 1.06 bits per heavy atom. The molecule has 9 nitrogen and oxygen atoms in total. The lowest BCUT2D eigenvalue weighted by atomic mass is 9.89. The molecule has 0 radical (unpaired) electrons. The van der Waals surface area contributed by atoms with E-state index in [1.165, 1.54) is 6.92 Å². The van der Waals surface area contributed by atoms with Crippen molar-refractivity contribution in [1.29, 1.82) is 0 Å². The van der Waals surface area contributed by atoms with Gasteiger partial charge in [-0.15, -0.1) is 0 Å². The molecular weight excluding hydrogens is 432 g/mol. The molecule has 184 valence electrons. The maximum absolute atomic E-state index is 12.8. The van der Waals surface area contributed by atoms with E-state index in [2.05, 4.69) is 43.7 Å². The van der Waals surface area contributed by atoms with Crippen LogP contribution in [0.2, 0.25) is 0 Å². The molecule has 1 aliphatic carbocycles. The fourth-order valence-electron chi connectivity index (χ4n) is 4.96. The number of para-hydroxylation sites is 2. The number of aryl methyl sites for hydroxylation is 1. The maximum atomic E-state index is 12.8. The highest BCUT2D eigenvalue weighted by molar-refractivity contribution is 5.94. The first-order valence-electron chi connectivity index (χ1n) is 12.4. The summed E-state index contributed by atoms with van der Waals surface area (Å²) in [4.78, 5) is 33.9. The number of likely N-dealkylation sites (N-methyl/N-ethyl adjacent to an activating group) is 1. The number of hydrogen-bond acceptors (Lipinski definition) is 7. The van der Waals surface area contributed by atoms with Gasteiger partial charge in [0.2, 0.25) is 17.7 Å². The van der Waals surface area contributed by atoms with Gasteiger partial charge in [-0.05, 0) is 32.0 Å². The number of rotatable bonds is 7. The van der Waals surface area contributed by atoms with Crippen molar-refractivity contribution >= 4 is 23.2 Å². The summed E-state index contributed by atoms with van der Waals surface area (Å²) in [6.45, 7) is 5.40. The van der Waals surface area contributed by atoms with E-state index in [9.17, 15) is 9.59 Å². The van der Waals surface area contributed by atoms with Crippen molar-refractivity contribution in [3.8, 4) is 0 Å². The van der Waals surface area contributed by atoms with E-state index < -0.39 is 5.54 Å². The van der Waals surface area contributed by atoms with Crippen molar-refractivity contribution in [2.45, 2.75) is 63.8 Å². The summed E-state index contributed by atoms with van der Waals surface area (Å²) in [5.41, 5.74) is 1.30. The standard InChI is InChI=1S/C25H36N6O3/c1-19(32)28-25(13-7-3-4-8-14-25)24-27-23(34-29-24)12-11-22(33)26-20-9-5-6-10-21(20)31-17-15-30(2)16-18-31/h5-6,9-10H,3-4,7-8,11-18H2,1-2H3,(H,26,33)(H,28,32). The predicted molar refractivity (Wildman–Crippen MR) is 131 cm³/mol. The smallest absolute Gasteiger partial charge is 0.227 e. The highest BCUT2D eigenvalue weighted by Gasteiger charge is 2.38. The lowest BCUT2D eigenvalue weighted by molar-refractivity contribution is -0.121. The molecule has 2 aliphatic rings. The van der Waals surface area contributed by atoms with Gasteiger partial charge in [-0.1, -0.05) is 43.0 Å². The summed E-state index contributed by atoms with van der Waals surface area (Å²) in [5, 5.41) is 10.4. The number of anilines is 2. The van der Waals surface area contributed by atoms with Gasteiger partial charge < -0.3 is 25.0 Å². The van der Waals surface area contributed by atoms with Crippen LogP contribution < -0.4 is 15.5 Å². The summed E-state index contributed by atoms with van der Waals surface area (Å²) in [7, 11) is 2.13. The van der Waals surface area contributed by atoms with E-state index in [1.807, 2.05) is 18.2 Å². The molecule has 2 N–H and O–H groups in total. The monoisotopic (exact) mass is 468 g/mol. The van der Waals surface area contributed by atoms with Gasteiger partial charge in [0, 0.05) is 45.9 Å². The summed E-state index contributed by atoms with van der Waals surface area (Å²) in [6.07, 6.45) is 6.50. The van der Waals surface area contributed by atoms with Crippen molar-refractivity contribution in [3.63, 3.8) is 0 Å². The molecule has 0 bridgehead atoms. The van der Waals surface area contributed by atoms with Crippen molar-refractivity contribution < 1.29 is 14.1 Å². The van der Waals surface area contributed by atoms with Crippen LogP contribution in [0.5, 0.6) is 0 Å². The number of nitrogens with zero attached hydrogens (tertiary/aromatic N) is 4. The number of carbonyl (C=O) groups is 2. The number of hydrogen-bond donors (Lipinski definition) is 2. The quantitative estimate of drug-likeness (QED) is 0.602. The zero-order valence-corrected chi connectivity index (χ0v) is 20.3. The van der Waals surface area contributed by atoms with Gasteiger partial charge in [-0.3, -0.25) is 9.59 Å². The highest BCUT2D eigenvalue weighted by atomic mass is 16.5. The molecule has 2 amide bonds. The van der Waals surface area contributed by atoms with Crippen LogP contribution in [0.15, 0.2) is 28.8 Å². The summed E-state index contributed by atoms with van der Waals surface area (Å²) in [6, 6.07) is 7.94. The Bertz CT molecular complexity index is 975. The molecule has 4 rings (SSSR count). The first-order valence-corrected chi connectivity index (χ1v) is 12.4. The van der Waals surface area contributed by atoms with Gasteiger partial charge in [0.25, 0.3) is 0 Å². The Balaban J connectivity index is 1.38. The Kier molecular flexibility index (Phi) is 7.82. The lowest BCUT2D eigenvalue weighted by Crippen LogP contribution is -2.45. The molecule has 1 aliphatic heterocycles. The Hall–Kier alpha value is -2.94. The summed E-state index contributed by atoms with van der Waals surface area (Å²) >= 11 is 0. The van der Waals surface area contributed by atoms with Crippen molar-refractivity contribution in [3.05, 3.63) is 36.0 Å². The van der Waals surface area contributed by atoms with Crippen LogP contribution in [0.1, 0.15) is 63.6 Å². The molecule has 1 saturated heterocycles. The normalized spacial score (nSPS) is 18.8. The third kappa shape index (κ3) is 5.94. The maximum Gasteiger partial charge on any atom is 0.227 e. The molecule has 1 aromatic carbocycles. The van der Waals surface area contributed by atoms with Crippen LogP contribution >= 0.6 is 0 Å². The average Bonchev–Trinajstić information content (AvgIpc) is 3.18. The van der Waals surface area contributed by atoms with Gasteiger partial charge in [0.15, 0.2) is 5.82 Å². The zero-order chi connectivity index (χ0) is 24.0. The molecule has 2 heterocycles. The molecule has 1 aromatic heterocycles. The summed E-state index contributed by atoms with van der Waals surface area (Å²) < 4.78 is 5.49. The second-order valence-corrected chi connectivity index (χ2v) is 9.54.